The van der Waals surface area contributed by atoms with E-state index >= 15 is 0 Å². The van der Waals surface area contributed by atoms with Crippen LogP contribution in [-0.4, -0.2) is 23.0 Å². The fourth-order valence-electron chi connectivity index (χ4n) is 2.27. The van der Waals surface area contributed by atoms with E-state index in [4.69, 9.17) is 4.74 Å². The molecule has 0 saturated heterocycles. The lowest BCUT2D eigenvalue weighted by Crippen LogP contribution is -2.26. The second kappa shape index (κ2) is 6.66. The molecule has 3 aromatic rings. The predicted octanol–water partition coefficient (Wildman–Crippen LogP) is 3.64. The van der Waals surface area contributed by atoms with Crippen LogP contribution in [0.2, 0.25) is 0 Å². The summed E-state index contributed by atoms with van der Waals surface area (Å²) in [6.07, 6.45) is 3.40. The van der Waals surface area contributed by atoms with Crippen molar-refractivity contribution in [2.45, 2.75) is 13.0 Å². The first kappa shape index (κ1) is 15.3. The number of rotatable bonds is 5. The molecule has 3 rings (SSSR count). The maximum absolute atomic E-state index is 12.6. The van der Waals surface area contributed by atoms with Crippen molar-refractivity contribution in [3.8, 4) is 16.2 Å². The quantitative estimate of drug-likeness (QED) is 0.752. The molecule has 1 amide bonds. The first-order valence-electron chi connectivity index (χ1n) is 7.22. The summed E-state index contributed by atoms with van der Waals surface area (Å²) in [5.74, 6) is 1.13. The van der Waals surface area contributed by atoms with Gasteiger partial charge in [-0.1, -0.05) is 30.3 Å². The number of benzene rings is 1. The Morgan fingerprint density at radius 3 is 2.78 bits per heavy atom. The largest absolute Gasteiger partial charge is 0.495 e. The molecule has 0 aliphatic rings. The first-order chi connectivity index (χ1) is 11.2. The van der Waals surface area contributed by atoms with E-state index in [1.54, 1.807) is 19.5 Å². The Kier molecular flexibility index (Phi) is 4.43. The van der Waals surface area contributed by atoms with Gasteiger partial charge in [0, 0.05) is 17.3 Å². The number of H-pyrrole nitrogens is 1. The molecule has 23 heavy (non-hydrogen) atoms. The summed E-state index contributed by atoms with van der Waals surface area (Å²) < 4.78 is 5.37. The summed E-state index contributed by atoms with van der Waals surface area (Å²) in [5, 5.41) is 2.94. The molecule has 2 heterocycles. The Labute approximate surface area is 138 Å². The van der Waals surface area contributed by atoms with Crippen LogP contribution in [0.1, 0.15) is 28.5 Å². The van der Waals surface area contributed by atoms with Gasteiger partial charge in [-0.25, -0.2) is 4.98 Å². The molecule has 0 spiro atoms. The molecule has 118 valence electrons. The lowest BCUT2D eigenvalue weighted by atomic mass is 10.2. The molecule has 1 atom stereocenters. The highest BCUT2D eigenvalue weighted by Gasteiger charge is 2.20. The number of nitrogens with one attached hydrogen (secondary N) is 2. The molecule has 6 heteroatoms. The highest BCUT2D eigenvalue weighted by atomic mass is 32.1. The molecule has 0 saturated carbocycles. The second-order valence-electron chi connectivity index (χ2n) is 5.04. The average Bonchev–Trinajstić information content (AvgIpc) is 3.25. The van der Waals surface area contributed by atoms with Gasteiger partial charge in [0.1, 0.15) is 16.5 Å². The summed E-state index contributed by atoms with van der Waals surface area (Å²) in [4.78, 5) is 21.3. The smallest absolute Gasteiger partial charge is 0.265 e. The fourth-order valence-corrected chi connectivity index (χ4v) is 3.31. The molecule has 0 aliphatic heterocycles. The van der Waals surface area contributed by atoms with Gasteiger partial charge in [0.2, 0.25) is 0 Å². The Morgan fingerprint density at radius 2 is 2.13 bits per heavy atom. The zero-order valence-electron chi connectivity index (χ0n) is 12.9. The van der Waals surface area contributed by atoms with E-state index in [1.165, 1.54) is 11.3 Å². The van der Waals surface area contributed by atoms with Crippen LogP contribution in [0.5, 0.6) is 5.75 Å². The summed E-state index contributed by atoms with van der Waals surface area (Å²) >= 11 is 1.42. The van der Waals surface area contributed by atoms with Crippen molar-refractivity contribution >= 4 is 17.2 Å². The van der Waals surface area contributed by atoms with E-state index in [0.717, 1.165) is 16.3 Å². The molecule has 5 nitrogen and oxygen atoms in total. The maximum atomic E-state index is 12.6. The van der Waals surface area contributed by atoms with Crippen molar-refractivity contribution in [3.05, 3.63) is 59.5 Å². The number of carbonyl (C=O) groups is 1. The van der Waals surface area contributed by atoms with Gasteiger partial charge < -0.3 is 15.0 Å². The maximum Gasteiger partial charge on any atom is 0.265 e. The Morgan fingerprint density at radius 1 is 1.35 bits per heavy atom. The lowest BCUT2D eigenvalue weighted by Gasteiger charge is -2.11. The zero-order valence-corrected chi connectivity index (χ0v) is 13.7. The third kappa shape index (κ3) is 3.27. The third-order valence-corrected chi connectivity index (χ3v) is 4.62. The second-order valence-corrected chi connectivity index (χ2v) is 6.10. The summed E-state index contributed by atoms with van der Waals surface area (Å²) in [6.45, 7) is 1.88. The molecule has 1 aromatic carbocycles. The molecule has 0 aliphatic carbocycles. The summed E-state index contributed by atoms with van der Waals surface area (Å²) in [5.41, 5.74) is 1.06. The predicted molar refractivity (Wildman–Crippen MR) is 90.8 cm³/mol. The number of amides is 1. The summed E-state index contributed by atoms with van der Waals surface area (Å²) in [6, 6.07) is 11.6. The number of hydrogen-bond donors (Lipinski definition) is 2. The SMILES string of the molecule is COc1cc(-c2ccccc2)sc1C(=O)N[C@@H](C)c1ncc[nH]1. The molecule has 0 radical (unpaired) electrons. The number of carbonyl (C=O) groups excluding carboxylic acids is 1. The number of ether oxygens (including phenoxy) is 1. The van der Waals surface area contributed by atoms with E-state index in [2.05, 4.69) is 15.3 Å². The van der Waals surface area contributed by atoms with Crippen LogP contribution in [0.3, 0.4) is 0 Å². The number of methoxy groups -OCH3 is 1. The van der Waals surface area contributed by atoms with Crippen molar-refractivity contribution in [2.75, 3.05) is 7.11 Å². The van der Waals surface area contributed by atoms with Crippen LogP contribution in [0.25, 0.3) is 10.4 Å². The van der Waals surface area contributed by atoms with Crippen molar-refractivity contribution in [1.82, 2.24) is 15.3 Å². The van der Waals surface area contributed by atoms with E-state index in [0.29, 0.717) is 10.6 Å². The van der Waals surface area contributed by atoms with Crippen LogP contribution in [0.4, 0.5) is 0 Å². The van der Waals surface area contributed by atoms with Gasteiger partial charge in [0.05, 0.1) is 13.2 Å². The van der Waals surface area contributed by atoms with Gasteiger partial charge in [-0.05, 0) is 18.6 Å². The minimum absolute atomic E-state index is 0.169. The lowest BCUT2D eigenvalue weighted by molar-refractivity contribution is 0.0940. The zero-order chi connectivity index (χ0) is 16.2. The molecule has 2 N–H and O–H groups in total. The third-order valence-electron chi connectivity index (χ3n) is 3.46. The minimum Gasteiger partial charge on any atom is -0.495 e. The highest BCUT2D eigenvalue weighted by Crippen LogP contribution is 2.36. The Bertz CT molecular complexity index is 782. The van der Waals surface area contributed by atoms with Gasteiger partial charge >= 0.3 is 0 Å². The van der Waals surface area contributed by atoms with E-state index in [1.807, 2.05) is 43.3 Å². The Balaban J connectivity index is 1.84. The van der Waals surface area contributed by atoms with Crippen molar-refractivity contribution in [3.63, 3.8) is 0 Å². The van der Waals surface area contributed by atoms with E-state index < -0.39 is 0 Å². The van der Waals surface area contributed by atoms with Gasteiger partial charge in [-0.3, -0.25) is 4.79 Å². The van der Waals surface area contributed by atoms with E-state index in [9.17, 15) is 4.79 Å². The molecule has 0 bridgehead atoms. The van der Waals surface area contributed by atoms with Gasteiger partial charge in [-0.2, -0.15) is 0 Å². The number of nitrogens with zero attached hydrogens (tertiary/aromatic N) is 1. The van der Waals surface area contributed by atoms with Crippen molar-refractivity contribution in [1.29, 1.82) is 0 Å². The van der Waals surface area contributed by atoms with Gasteiger partial charge in [-0.15, -0.1) is 11.3 Å². The van der Waals surface area contributed by atoms with Crippen LogP contribution >= 0.6 is 11.3 Å². The fraction of sp³-hybridized carbons (Fsp3) is 0.176. The molecular formula is C17H17N3O2S. The first-order valence-corrected chi connectivity index (χ1v) is 8.04. The van der Waals surface area contributed by atoms with Crippen LogP contribution in [-0.2, 0) is 0 Å². The van der Waals surface area contributed by atoms with Gasteiger partial charge in [0.25, 0.3) is 5.91 Å². The molecular weight excluding hydrogens is 310 g/mol. The number of thiophene rings is 1. The average molecular weight is 327 g/mol. The number of hydrogen-bond acceptors (Lipinski definition) is 4. The number of imidazole rings is 1. The standard InChI is InChI=1S/C17H17N3O2S/c1-11(16-18-8-9-19-16)20-17(21)15-13(22-2)10-14(23-15)12-6-4-3-5-7-12/h3-11H,1-2H3,(H,18,19)(H,20,21)/t11-/m0/s1. The summed E-state index contributed by atoms with van der Waals surface area (Å²) in [7, 11) is 1.57. The van der Waals surface area contributed by atoms with Crippen LogP contribution in [0.15, 0.2) is 48.8 Å². The van der Waals surface area contributed by atoms with Gasteiger partial charge in [0.15, 0.2) is 0 Å². The Hall–Kier alpha value is -2.60. The van der Waals surface area contributed by atoms with Crippen LogP contribution < -0.4 is 10.1 Å². The van der Waals surface area contributed by atoms with E-state index in [-0.39, 0.29) is 11.9 Å². The molecule has 0 unspecified atom stereocenters. The molecule has 0 fully saturated rings. The monoisotopic (exact) mass is 327 g/mol. The normalized spacial score (nSPS) is 11.9. The van der Waals surface area contributed by atoms with Crippen molar-refractivity contribution < 1.29 is 9.53 Å². The topological polar surface area (TPSA) is 67.0 Å². The highest BCUT2D eigenvalue weighted by molar-refractivity contribution is 7.17. The molecule has 2 aromatic heterocycles. The van der Waals surface area contributed by atoms with Crippen molar-refractivity contribution in [2.24, 2.45) is 0 Å². The number of aromatic nitrogens is 2. The van der Waals surface area contributed by atoms with Crippen LogP contribution in [0, 0.1) is 0 Å². The number of aromatic amines is 1. The minimum atomic E-state index is -0.204.